The zero-order chi connectivity index (χ0) is 19.1. The number of nitrogens with zero attached hydrogens (tertiary/aromatic N) is 1. The van der Waals surface area contributed by atoms with Crippen molar-refractivity contribution in [2.75, 3.05) is 22.1 Å². The van der Waals surface area contributed by atoms with Crippen molar-refractivity contribution in [1.82, 2.24) is 0 Å². The van der Waals surface area contributed by atoms with Gasteiger partial charge >= 0.3 is 0 Å². The zero-order valence-electron chi connectivity index (χ0n) is 14.6. The Balaban J connectivity index is 2.01. The van der Waals surface area contributed by atoms with Crippen LogP contribution in [0, 0.1) is 0 Å². The number of hydrogen-bond acceptors (Lipinski definition) is 3. The van der Waals surface area contributed by atoms with Gasteiger partial charge in [-0.25, -0.2) is 0 Å². The normalized spacial score (nSPS) is 10.1. The number of carbonyl (C=O) groups is 3. The van der Waals surface area contributed by atoms with Crippen LogP contribution in [0.25, 0.3) is 0 Å². The third-order valence-electron chi connectivity index (χ3n) is 3.55. The first-order valence-corrected chi connectivity index (χ1v) is 8.44. The Bertz CT molecular complexity index is 806. The van der Waals surface area contributed by atoms with Gasteiger partial charge in [0.15, 0.2) is 0 Å². The van der Waals surface area contributed by atoms with Gasteiger partial charge in [0.05, 0.1) is 0 Å². The van der Waals surface area contributed by atoms with Crippen molar-refractivity contribution in [3.8, 4) is 0 Å². The summed E-state index contributed by atoms with van der Waals surface area (Å²) in [4.78, 5) is 36.8. The smallest absolute Gasteiger partial charge is 0.226 e. The van der Waals surface area contributed by atoms with E-state index in [0.29, 0.717) is 22.1 Å². The topological polar surface area (TPSA) is 78.5 Å². The molecule has 2 N–H and O–H groups in total. The van der Waals surface area contributed by atoms with Crippen LogP contribution in [0.1, 0.15) is 20.3 Å². The van der Waals surface area contributed by atoms with Crippen molar-refractivity contribution >= 4 is 46.4 Å². The van der Waals surface area contributed by atoms with Crippen LogP contribution in [0.15, 0.2) is 48.5 Å². The molecule has 0 spiro atoms. The molecule has 0 bridgehead atoms. The second kappa shape index (κ2) is 9.01. The summed E-state index contributed by atoms with van der Waals surface area (Å²) >= 11 is 5.81. The van der Waals surface area contributed by atoms with E-state index in [0.717, 1.165) is 0 Å². The third-order valence-corrected chi connectivity index (χ3v) is 3.80. The quantitative estimate of drug-likeness (QED) is 0.810. The SMILES string of the molecule is CC(=O)Nc1cccc(N(CCC(=O)Nc2ccc(Cl)cc2)C(C)=O)c1. The van der Waals surface area contributed by atoms with Crippen LogP contribution >= 0.6 is 11.6 Å². The van der Waals surface area contributed by atoms with Gasteiger partial charge in [-0.2, -0.15) is 0 Å². The number of rotatable bonds is 6. The minimum atomic E-state index is -0.211. The molecule has 2 rings (SSSR count). The molecule has 0 aromatic heterocycles. The Morgan fingerprint density at radius 1 is 0.962 bits per heavy atom. The Morgan fingerprint density at radius 2 is 1.65 bits per heavy atom. The molecule has 136 valence electrons. The second-order valence-corrected chi connectivity index (χ2v) is 6.14. The molecule has 6 nitrogen and oxygen atoms in total. The number of nitrogens with one attached hydrogen (secondary N) is 2. The summed E-state index contributed by atoms with van der Waals surface area (Å²) < 4.78 is 0. The molecular weight excluding hydrogens is 354 g/mol. The summed E-state index contributed by atoms with van der Waals surface area (Å²) in [6, 6.07) is 13.7. The van der Waals surface area contributed by atoms with E-state index in [-0.39, 0.29) is 30.7 Å². The van der Waals surface area contributed by atoms with Crippen molar-refractivity contribution in [3.05, 3.63) is 53.6 Å². The average molecular weight is 374 g/mol. The van der Waals surface area contributed by atoms with E-state index < -0.39 is 0 Å². The van der Waals surface area contributed by atoms with Crippen molar-refractivity contribution in [1.29, 1.82) is 0 Å². The first kappa shape index (κ1) is 19.5. The molecule has 0 saturated carbocycles. The third kappa shape index (κ3) is 5.89. The molecule has 0 aliphatic carbocycles. The molecule has 0 radical (unpaired) electrons. The fourth-order valence-electron chi connectivity index (χ4n) is 2.39. The molecule has 26 heavy (non-hydrogen) atoms. The van der Waals surface area contributed by atoms with Crippen molar-refractivity contribution < 1.29 is 14.4 Å². The average Bonchev–Trinajstić information content (AvgIpc) is 2.56. The fraction of sp³-hybridized carbons (Fsp3) is 0.211. The molecular formula is C19H20ClN3O3. The van der Waals surface area contributed by atoms with Crippen LogP contribution in [0.5, 0.6) is 0 Å². The maximum atomic E-state index is 12.1. The minimum Gasteiger partial charge on any atom is -0.326 e. The number of anilines is 3. The molecule has 0 fully saturated rings. The van der Waals surface area contributed by atoms with Gasteiger partial charge in [-0.05, 0) is 42.5 Å². The van der Waals surface area contributed by atoms with Gasteiger partial charge < -0.3 is 15.5 Å². The van der Waals surface area contributed by atoms with Crippen molar-refractivity contribution in [2.45, 2.75) is 20.3 Å². The second-order valence-electron chi connectivity index (χ2n) is 5.71. The van der Waals surface area contributed by atoms with E-state index in [1.54, 1.807) is 48.5 Å². The first-order chi connectivity index (χ1) is 12.3. The molecule has 2 aromatic carbocycles. The van der Waals surface area contributed by atoms with Crippen LogP contribution in [0.3, 0.4) is 0 Å². The van der Waals surface area contributed by atoms with E-state index in [2.05, 4.69) is 10.6 Å². The predicted octanol–water partition coefficient (Wildman–Crippen LogP) is 3.68. The van der Waals surface area contributed by atoms with Gasteiger partial charge in [-0.1, -0.05) is 17.7 Å². The number of amides is 3. The van der Waals surface area contributed by atoms with Crippen LogP contribution in [-0.2, 0) is 14.4 Å². The van der Waals surface area contributed by atoms with E-state index in [4.69, 9.17) is 11.6 Å². The van der Waals surface area contributed by atoms with Crippen LogP contribution in [0.2, 0.25) is 5.02 Å². The summed E-state index contributed by atoms with van der Waals surface area (Å²) in [5, 5.41) is 6.02. The number of benzene rings is 2. The Hall–Kier alpha value is -2.86. The zero-order valence-corrected chi connectivity index (χ0v) is 15.3. The molecule has 7 heteroatoms. The highest BCUT2D eigenvalue weighted by Crippen LogP contribution is 2.20. The lowest BCUT2D eigenvalue weighted by Gasteiger charge is -2.21. The molecule has 0 aliphatic rings. The lowest BCUT2D eigenvalue weighted by Crippen LogP contribution is -2.32. The molecule has 0 unspecified atom stereocenters. The monoisotopic (exact) mass is 373 g/mol. The summed E-state index contributed by atoms with van der Waals surface area (Å²) in [6.07, 6.45) is 0.132. The highest BCUT2D eigenvalue weighted by molar-refractivity contribution is 6.30. The summed E-state index contributed by atoms with van der Waals surface area (Å²) in [7, 11) is 0. The number of carbonyl (C=O) groups excluding carboxylic acids is 3. The lowest BCUT2D eigenvalue weighted by atomic mass is 10.2. The predicted molar refractivity (Wildman–Crippen MR) is 103 cm³/mol. The van der Waals surface area contributed by atoms with E-state index in [9.17, 15) is 14.4 Å². The summed E-state index contributed by atoms with van der Waals surface area (Å²) in [6.45, 7) is 3.07. The Morgan fingerprint density at radius 3 is 2.27 bits per heavy atom. The van der Waals surface area contributed by atoms with Gasteiger partial charge in [0.2, 0.25) is 17.7 Å². The van der Waals surface area contributed by atoms with Crippen LogP contribution in [0.4, 0.5) is 17.1 Å². The van der Waals surface area contributed by atoms with E-state index in [1.807, 2.05) is 0 Å². The van der Waals surface area contributed by atoms with Crippen molar-refractivity contribution in [3.63, 3.8) is 0 Å². The van der Waals surface area contributed by atoms with Crippen LogP contribution < -0.4 is 15.5 Å². The molecule has 0 atom stereocenters. The fourth-order valence-corrected chi connectivity index (χ4v) is 2.52. The first-order valence-electron chi connectivity index (χ1n) is 8.06. The molecule has 0 saturated heterocycles. The Labute approximate surface area is 157 Å². The molecule has 3 amide bonds. The lowest BCUT2D eigenvalue weighted by molar-refractivity contribution is -0.117. The summed E-state index contributed by atoms with van der Waals surface area (Å²) in [5.41, 5.74) is 1.84. The standard InChI is InChI=1S/C19H20ClN3O3/c1-13(24)21-17-4-3-5-18(12-17)23(14(2)25)11-10-19(26)22-16-8-6-15(20)7-9-16/h3-9,12H,10-11H2,1-2H3,(H,21,24)(H,22,26). The van der Waals surface area contributed by atoms with E-state index >= 15 is 0 Å². The maximum absolute atomic E-state index is 12.1. The van der Waals surface area contributed by atoms with Crippen molar-refractivity contribution in [2.24, 2.45) is 0 Å². The number of halogens is 1. The molecule has 0 heterocycles. The van der Waals surface area contributed by atoms with Gasteiger partial charge in [-0.3, -0.25) is 14.4 Å². The van der Waals surface area contributed by atoms with Crippen LogP contribution in [-0.4, -0.2) is 24.3 Å². The van der Waals surface area contributed by atoms with Gasteiger partial charge in [0.1, 0.15) is 0 Å². The largest absolute Gasteiger partial charge is 0.326 e. The molecule has 0 aliphatic heterocycles. The van der Waals surface area contributed by atoms with Gasteiger partial charge in [0.25, 0.3) is 0 Å². The highest BCUT2D eigenvalue weighted by atomic mass is 35.5. The Kier molecular flexibility index (Phi) is 6.74. The summed E-state index contributed by atoms with van der Waals surface area (Å²) in [5.74, 6) is -0.597. The van der Waals surface area contributed by atoms with E-state index in [1.165, 1.54) is 18.7 Å². The highest BCUT2D eigenvalue weighted by Gasteiger charge is 2.14. The minimum absolute atomic E-state index is 0.132. The number of hydrogen-bond donors (Lipinski definition) is 2. The molecule has 2 aromatic rings. The van der Waals surface area contributed by atoms with Gasteiger partial charge in [-0.15, -0.1) is 0 Å². The van der Waals surface area contributed by atoms with Gasteiger partial charge in [0, 0.05) is 48.9 Å². The maximum Gasteiger partial charge on any atom is 0.226 e.